The number of aromatic nitrogens is 1. The van der Waals surface area contributed by atoms with Gasteiger partial charge >= 0.3 is 0 Å². The summed E-state index contributed by atoms with van der Waals surface area (Å²) in [6, 6.07) is 0. The maximum Gasteiger partial charge on any atom is 0.272 e. The highest BCUT2D eigenvalue weighted by molar-refractivity contribution is 5.77. The molecule has 1 amide bonds. The second-order valence-corrected chi connectivity index (χ2v) is 2.87. The quantitative estimate of drug-likeness (QED) is 0.686. The van der Waals surface area contributed by atoms with Crippen molar-refractivity contribution in [2.75, 3.05) is 11.4 Å². The average Bonchev–Trinajstić information content (AvgIpc) is 2.19. The topological polar surface area (TPSA) is 73.4 Å². The van der Waals surface area contributed by atoms with Crippen LogP contribution in [0, 0.1) is 6.92 Å². The monoisotopic (exact) mass is 196 g/mol. The van der Waals surface area contributed by atoms with Crippen LogP contribution >= 0.6 is 0 Å². The number of hydrogen-bond acceptors (Lipinski definition) is 3. The fourth-order valence-electron chi connectivity index (χ4n) is 1.23. The highest BCUT2D eigenvalue weighted by Gasteiger charge is 2.13. The van der Waals surface area contributed by atoms with E-state index < -0.39 is 0 Å². The molecule has 0 radical (unpaired) electrons. The molecule has 0 aliphatic heterocycles. The standard InChI is InChI=1S/C9H12N2O3/c1-3-11(5-12)8-6(2)7(13)4-10-9(8)14/h4-5,13H,3H2,1-2H3,(H,10,14). The van der Waals surface area contributed by atoms with Crippen molar-refractivity contribution < 1.29 is 9.90 Å². The Morgan fingerprint density at radius 2 is 2.29 bits per heavy atom. The smallest absolute Gasteiger partial charge is 0.272 e. The summed E-state index contributed by atoms with van der Waals surface area (Å²) in [6.07, 6.45) is 1.77. The largest absolute Gasteiger partial charge is 0.506 e. The van der Waals surface area contributed by atoms with Crippen molar-refractivity contribution in [2.45, 2.75) is 13.8 Å². The number of carbonyl (C=O) groups excluding carboxylic acids is 1. The van der Waals surface area contributed by atoms with Gasteiger partial charge in [-0.1, -0.05) is 0 Å². The number of H-pyrrole nitrogens is 1. The summed E-state index contributed by atoms with van der Waals surface area (Å²) in [5.74, 6) is -0.0279. The number of anilines is 1. The zero-order chi connectivity index (χ0) is 10.7. The van der Waals surface area contributed by atoms with Crippen molar-refractivity contribution in [1.29, 1.82) is 0 Å². The van der Waals surface area contributed by atoms with Gasteiger partial charge in [0.05, 0.1) is 0 Å². The molecule has 0 atom stereocenters. The lowest BCUT2D eigenvalue weighted by molar-refractivity contribution is -0.107. The van der Waals surface area contributed by atoms with Crippen LogP contribution in [-0.2, 0) is 4.79 Å². The van der Waals surface area contributed by atoms with E-state index in [0.717, 1.165) is 0 Å². The van der Waals surface area contributed by atoms with Crippen LogP contribution in [0.4, 0.5) is 5.69 Å². The van der Waals surface area contributed by atoms with Crippen LogP contribution in [0.1, 0.15) is 12.5 Å². The molecular formula is C9H12N2O3. The molecule has 0 spiro atoms. The number of hydrogen-bond donors (Lipinski definition) is 2. The first-order valence-corrected chi connectivity index (χ1v) is 4.25. The van der Waals surface area contributed by atoms with Gasteiger partial charge in [-0.3, -0.25) is 9.59 Å². The van der Waals surface area contributed by atoms with Crippen molar-refractivity contribution in [3.05, 3.63) is 22.1 Å². The molecule has 0 unspecified atom stereocenters. The first kappa shape index (κ1) is 10.3. The van der Waals surface area contributed by atoms with E-state index in [1.807, 2.05) is 0 Å². The summed E-state index contributed by atoms with van der Waals surface area (Å²) in [4.78, 5) is 25.6. The Morgan fingerprint density at radius 1 is 1.64 bits per heavy atom. The van der Waals surface area contributed by atoms with Crippen molar-refractivity contribution in [3.8, 4) is 5.75 Å². The van der Waals surface area contributed by atoms with Gasteiger partial charge in [0.25, 0.3) is 5.56 Å². The molecule has 5 nitrogen and oxygen atoms in total. The first-order valence-electron chi connectivity index (χ1n) is 4.25. The number of pyridine rings is 1. The second-order valence-electron chi connectivity index (χ2n) is 2.87. The lowest BCUT2D eigenvalue weighted by Crippen LogP contribution is -2.28. The molecule has 76 valence electrons. The Kier molecular flexibility index (Phi) is 2.91. The van der Waals surface area contributed by atoms with E-state index in [4.69, 9.17) is 0 Å². The zero-order valence-corrected chi connectivity index (χ0v) is 8.07. The summed E-state index contributed by atoms with van der Waals surface area (Å²) in [6.45, 7) is 3.72. The molecule has 0 bridgehead atoms. The SMILES string of the molecule is CCN(C=O)c1c(C)c(O)c[nH]c1=O. The van der Waals surface area contributed by atoms with Crippen LogP contribution in [0.25, 0.3) is 0 Å². The highest BCUT2D eigenvalue weighted by Crippen LogP contribution is 2.21. The molecule has 1 heterocycles. The number of rotatable bonds is 3. The number of aromatic amines is 1. The van der Waals surface area contributed by atoms with Gasteiger partial charge in [0.2, 0.25) is 6.41 Å². The summed E-state index contributed by atoms with van der Waals surface area (Å²) < 4.78 is 0. The zero-order valence-electron chi connectivity index (χ0n) is 8.07. The molecule has 0 aromatic carbocycles. The van der Waals surface area contributed by atoms with Crippen molar-refractivity contribution in [3.63, 3.8) is 0 Å². The Labute approximate surface area is 81.0 Å². The van der Waals surface area contributed by atoms with Crippen LogP contribution in [0.15, 0.2) is 11.0 Å². The van der Waals surface area contributed by atoms with Gasteiger partial charge in [0.15, 0.2) is 0 Å². The number of nitrogens with zero attached hydrogens (tertiary/aromatic N) is 1. The Morgan fingerprint density at radius 3 is 2.79 bits per heavy atom. The van der Waals surface area contributed by atoms with Crippen LogP contribution < -0.4 is 10.5 Å². The molecule has 1 rings (SSSR count). The maximum absolute atomic E-state index is 11.4. The van der Waals surface area contributed by atoms with Crippen molar-refractivity contribution in [2.24, 2.45) is 0 Å². The summed E-state index contributed by atoms with van der Waals surface area (Å²) in [5, 5.41) is 9.35. The molecule has 2 N–H and O–H groups in total. The van der Waals surface area contributed by atoms with Gasteiger partial charge < -0.3 is 15.0 Å². The Balaban J connectivity index is 3.38. The minimum Gasteiger partial charge on any atom is -0.506 e. The normalized spacial score (nSPS) is 9.86. The summed E-state index contributed by atoms with van der Waals surface area (Å²) in [5.41, 5.74) is 0.222. The van der Waals surface area contributed by atoms with Crippen LogP contribution in [0.2, 0.25) is 0 Å². The lowest BCUT2D eigenvalue weighted by atomic mass is 10.2. The third kappa shape index (κ3) is 1.61. The minimum absolute atomic E-state index is 0.0279. The second kappa shape index (κ2) is 3.95. The Bertz CT molecular complexity index is 398. The van der Waals surface area contributed by atoms with Crippen LogP contribution in [0.5, 0.6) is 5.75 Å². The van der Waals surface area contributed by atoms with Crippen molar-refractivity contribution >= 4 is 12.1 Å². The predicted molar refractivity (Wildman–Crippen MR) is 52.5 cm³/mol. The van der Waals surface area contributed by atoms with E-state index in [2.05, 4.69) is 4.98 Å². The van der Waals surface area contributed by atoms with Gasteiger partial charge in [-0.15, -0.1) is 0 Å². The van der Waals surface area contributed by atoms with Crippen LogP contribution in [0.3, 0.4) is 0 Å². The summed E-state index contributed by atoms with van der Waals surface area (Å²) >= 11 is 0. The molecule has 1 aromatic heterocycles. The molecule has 0 aliphatic rings. The molecule has 5 heteroatoms. The molecule has 1 aromatic rings. The molecule has 0 saturated heterocycles. The third-order valence-electron chi connectivity index (χ3n) is 2.05. The summed E-state index contributed by atoms with van der Waals surface area (Å²) in [7, 11) is 0. The minimum atomic E-state index is -0.380. The van der Waals surface area contributed by atoms with Gasteiger partial charge in [0, 0.05) is 18.3 Å². The molecule has 0 fully saturated rings. The van der Waals surface area contributed by atoms with E-state index in [1.165, 1.54) is 11.1 Å². The number of carbonyl (C=O) groups is 1. The number of nitrogens with one attached hydrogen (secondary N) is 1. The molecular weight excluding hydrogens is 184 g/mol. The first-order chi connectivity index (χ1) is 6.61. The number of aromatic hydroxyl groups is 1. The third-order valence-corrected chi connectivity index (χ3v) is 2.05. The fraction of sp³-hybridized carbons (Fsp3) is 0.333. The predicted octanol–water partition coefficient (Wildman–Crippen LogP) is 0.372. The Hall–Kier alpha value is -1.78. The fourth-order valence-corrected chi connectivity index (χ4v) is 1.23. The van der Waals surface area contributed by atoms with Gasteiger partial charge in [0.1, 0.15) is 11.4 Å². The molecule has 0 saturated carbocycles. The van der Waals surface area contributed by atoms with Gasteiger partial charge in [-0.05, 0) is 13.8 Å². The van der Waals surface area contributed by atoms with E-state index >= 15 is 0 Å². The van der Waals surface area contributed by atoms with E-state index in [0.29, 0.717) is 18.5 Å². The van der Waals surface area contributed by atoms with Gasteiger partial charge in [-0.25, -0.2) is 0 Å². The number of amides is 1. The van der Waals surface area contributed by atoms with Crippen molar-refractivity contribution in [1.82, 2.24) is 4.98 Å². The molecule has 0 aliphatic carbocycles. The maximum atomic E-state index is 11.4. The highest BCUT2D eigenvalue weighted by atomic mass is 16.3. The lowest BCUT2D eigenvalue weighted by Gasteiger charge is -2.16. The van der Waals surface area contributed by atoms with Crippen LogP contribution in [-0.4, -0.2) is 23.0 Å². The average molecular weight is 196 g/mol. The van der Waals surface area contributed by atoms with E-state index in [-0.39, 0.29) is 17.0 Å². The van der Waals surface area contributed by atoms with Gasteiger partial charge in [-0.2, -0.15) is 0 Å². The van der Waals surface area contributed by atoms with E-state index in [1.54, 1.807) is 13.8 Å². The molecule has 14 heavy (non-hydrogen) atoms. The van der Waals surface area contributed by atoms with E-state index in [9.17, 15) is 14.7 Å².